The lowest BCUT2D eigenvalue weighted by Crippen LogP contribution is -2.16. The number of methoxy groups -OCH3 is 1. The lowest BCUT2D eigenvalue weighted by molar-refractivity contribution is -0.0518. The molecule has 0 heterocycles. The van der Waals surface area contributed by atoms with E-state index in [1.165, 1.54) is 7.11 Å². The van der Waals surface area contributed by atoms with Crippen LogP contribution in [-0.2, 0) is 6.54 Å². The van der Waals surface area contributed by atoms with Crippen molar-refractivity contribution in [2.75, 3.05) is 13.7 Å². The quantitative estimate of drug-likeness (QED) is 0.760. The molecule has 1 N–H and O–H groups in total. The van der Waals surface area contributed by atoms with Crippen molar-refractivity contribution in [3.8, 4) is 17.6 Å². The summed E-state index contributed by atoms with van der Waals surface area (Å²) in [4.78, 5) is 0. The highest BCUT2D eigenvalue weighted by molar-refractivity contribution is 5.46. The summed E-state index contributed by atoms with van der Waals surface area (Å²) in [5.74, 6) is 0.286. The van der Waals surface area contributed by atoms with Crippen molar-refractivity contribution < 1.29 is 18.3 Å². The number of hydrogen-bond donors (Lipinski definition) is 1. The predicted molar refractivity (Wildman–Crippen MR) is 61.6 cm³/mol. The molecule has 1 aromatic carbocycles. The Morgan fingerprint density at radius 1 is 1.44 bits per heavy atom. The molecule has 1 aromatic rings. The van der Waals surface area contributed by atoms with Gasteiger partial charge in [0.05, 0.1) is 13.2 Å². The number of nitrogens with zero attached hydrogens (tertiary/aromatic N) is 1. The fourth-order valence-electron chi connectivity index (χ4n) is 1.45. The van der Waals surface area contributed by atoms with Gasteiger partial charge < -0.3 is 14.8 Å². The topological polar surface area (TPSA) is 54.3 Å². The van der Waals surface area contributed by atoms with Gasteiger partial charge in [-0.25, -0.2) is 0 Å². The van der Waals surface area contributed by atoms with Crippen molar-refractivity contribution >= 4 is 0 Å². The SMILES string of the molecule is COc1cccc(CNCCC#N)c1OC(F)F. The van der Waals surface area contributed by atoms with Crippen LogP contribution >= 0.6 is 0 Å². The molecule has 0 spiro atoms. The molecule has 0 unspecified atom stereocenters. The molecule has 0 amide bonds. The van der Waals surface area contributed by atoms with E-state index in [2.05, 4.69) is 10.1 Å². The van der Waals surface area contributed by atoms with E-state index in [4.69, 9.17) is 10.00 Å². The summed E-state index contributed by atoms with van der Waals surface area (Å²) < 4.78 is 34.1. The van der Waals surface area contributed by atoms with Gasteiger partial charge in [-0.1, -0.05) is 12.1 Å². The van der Waals surface area contributed by atoms with Crippen LogP contribution in [0.3, 0.4) is 0 Å². The minimum absolute atomic E-state index is 0.0273. The largest absolute Gasteiger partial charge is 0.493 e. The highest BCUT2D eigenvalue weighted by atomic mass is 19.3. The van der Waals surface area contributed by atoms with Gasteiger partial charge in [0.1, 0.15) is 0 Å². The Kier molecular flexibility index (Phi) is 5.88. The van der Waals surface area contributed by atoms with Gasteiger partial charge in [-0.05, 0) is 6.07 Å². The molecule has 0 radical (unpaired) electrons. The Morgan fingerprint density at radius 2 is 2.22 bits per heavy atom. The molecule has 1 rings (SSSR count). The standard InChI is InChI=1S/C12H14F2N2O2/c1-17-10-5-2-4-9(8-16-7-3-6-15)11(10)18-12(13)14/h2,4-5,12,16H,3,7-8H2,1H3. The van der Waals surface area contributed by atoms with Gasteiger partial charge in [0.15, 0.2) is 11.5 Å². The van der Waals surface area contributed by atoms with Crippen LogP contribution < -0.4 is 14.8 Å². The van der Waals surface area contributed by atoms with Crippen LogP contribution in [0.5, 0.6) is 11.5 Å². The van der Waals surface area contributed by atoms with Gasteiger partial charge >= 0.3 is 6.61 Å². The van der Waals surface area contributed by atoms with Crippen LogP contribution in [0.1, 0.15) is 12.0 Å². The Hall–Kier alpha value is -1.87. The van der Waals surface area contributed by atoms with Crippen LogP contribution in [0.2, 0.25) is 0 Å². The van der Waals surface area contributed by atoms with E-state index >= 15 is 0 Å². The Morgan fingerprint density at radius 3 is 2.83 bits per heavy atom. The average Bonchev–Trinajstić information content (AvgIpc) is 2.35. The van der Waals surface area contributed by atoms with Gasteiger partial charge in [0, 0.05) is 25.1 Å². The zero-order valence-corrected chi connectivity index (χ0v) is 9.95. The molecule has 98 valence electrons. The molecule has 0 aliphatic carbocycles. The number of alkyl halides is 2. The van der Waals surface area contributed by atoms with Gasteiger partial charge in [-0.3, -0.25) is 0 Å². The molecule has 0 saturated carbocycles. The van der Waals surface area contributed by atoms with Crippen molar-refractivity contribution in [2.45, 2.75) is 19.6 Å². The molecule has 0 bridgehead atoms. The number of rotatable bonds is 7. The zero-order chi connectivity index (χ0) is 13.4. The molecule has 0 saturated heterocycles. The van der Waals surface area contributed by atoms with E-state index < -0.39 is 6.61 Å². The second kappa shape index (κ2) is 7.45. The summed E-state index contributed by atoms with van der Waals surface area (Å²) >= 11 is 0. The van der Waals surface area contributed by atoms with Crippen molar-refractivity contribution in [2.24, 2.45) is 0 Å². The molecule has 6 heteroatoms. The first-order chi connectivity index (χ1) is 8.69. The highest BCUT2D eigenvalue weighted by Gasteiger charge is 2.14. The smallest absolute Gasteiger partial charge is 0.387 e. The number of nitrogens with one attached hydrogen (secondary N) is 1. The van der Waals surface area contributed by atoms with E-state index in [9.17, 15) is 8.78 Å². The summed E-state index contributed by atoms with van der Waals surface area (Å²) in [7, 11) is 1.39. The van der Waals surface area contributed by atoms with Gasteiger partial charge in [-0.2, -0.15) is 14.0 Å². The van der Waals surface area contributed by atoms with Crippen LogP contribution in [-0.4, -0.2) is 20.3 Å². The lowest BCUT2D eigenvalue weighted by Gasteiger charge is -2.14. The van der Waals surface area contributed by atoms with Gasteiger partial charge in [0.25, 0.3) is 0 Å². The van der Waals surface area contributed by atoms with E-state index in [0.29, 0.717) is 25.1 Å². The molecule has 0 aliphatic rings. The number of halogens is 2. The number of nitriles is 1. The van der Waals surface area contributed by atoms with Crippen molar-refractivity contribution in [1.82, 2.24) is 5.32 Å². The lowest BCUT2D eigenvalue weighted by atomic mass is 10.2. The third-order valence-electron chi connectivity index (χ3n) is 2.22. The Bertz CT molecular complexity index is 419. The van der Waals surface area contributed by atoms with E-state index in [1.807, 2.05) is 6.07 Å². The Labute approximate surface area is 104 Å². The number of ether oxygens (including phenoxy) is 2. The first kappa shape index (κ1) is 14.2. The molecule has 18 heavy (non-hydrogen) atoms. The third-order valence-corrected chi connectivity index (χ3v) is 2.22. The Balaban J connectivity index is 2.78. The monoisotopic (exact) mass is 256 g/mol. The maximum Gasteiger partial charge on any atom is 0.387 e. The zero-order valence-electron chi connectivity index (χ0n) is 9.95. The van der Waals surface area contributed by atoms with E-state index in [0.717, 1.165) is 0 Å². The summed E-state index contributed by atoms with van der Waals surface area (Å²) in [5.41, 5.74) is 0.563. The van der Waals surface area contributed by atoms with Crippen LogP contribution in [0, 0.1) is 11.3 Å². The minimum atomic E-state index is -2.90. The van der Waals surface area contributed by atoms with Crippen LogP contribution in [0.15, 0.2) is 18.2 Å². The van der Waals surface area contributed by atoms with Gasteiger partial charge in [0.2, 0.25) is 0 Å². The normalized spacial score (nSPS) is 10.2. The molecule has 0 aromatic heterocycles. The molecular formula is C12H14F2N2O2. The molecule has 0 fully saturated rings. The van der Waals surface area contributed by atoms with Crippen molar-refractivity contribution in [1.29, 1.82) is 5.26 Å². The number of para-hydroxylation sites is 1. The molecular weight excluding hydrogens is 242 g/mol. The highest BCUT2D eigenvalue weighted by Crippen LogP contribution is 2.32. The summed E-state index contributed by atoms with van der Waals surface area (Å²) in [6, 6.07) is 6.90. The molecule has 0 atom stereocenters. The number of hydrogen-bond acceptors (Lipinski definition) is 4. The second-order valence-corrected chi connectivity index (χ2v) is 3.41. The van der Waals surface area contributed by atoms with Crippen molar-refractivity contribution in [3.63, 3.8) is 0 Å². The summed E-state index contributed by atoms with van der Waals surface area (Å²) in [6.07, 6.45) is 0.356. The molecule has 0 aliphatic heterocycles. The third kappa shape index (κ3) is 4.18. The first-order valence-electron chi connectivity index (χ1n) is 5.37. The number of benzene rings is 1. The summed E-state index contributed by atoms with van der Waals surface area (Å²) in [5, 5.41) is 11.3. The van der Waals surface area contributed by atoms with E-state index in [1.54, 1.807) is 18.2 Å². The predicted octanol–water partition coefficient (Wildman–Crippen LogP) is 2.30. The van der Waals surface area contributed by atoms with Crippen LogP contribution in [0.4, 0.5) is 8.78 Å². The second-order valence-electron chi connectivity index (χ2n) is 3.41. The van der Waals surface area contributed by atoms with Crippen molar-refractivity contribution in [3.05, 3.63) is 23.8 Å². The van der Waals surface area contributed by atoms with Gasteiger partial charge in [-0.15, -0.1) is 0 Å². The van der Waals surface area contributed by atoms with Crippen LogP contribution in [0.25, 0.3) is 0 Å². The summed E-state index contributed by atoms with van der Waals surface area (Å²) in [6.45, 7) is -2.08. The average molecular weight is 256 g/mol. The first-order valence-corrected chi connectivity index (χ1v) is 5.37. The maximum absolute atomic E-state index is 12.3. The fraction of sp³-hybridized carbons (Fsp3) is 0.417. The molecule has 4 nitrogen and oxygen atoms in total. The van der Waals surface area contributed by atoms with E-state index in [-0.39, 0.29) is 11.5 Å². The minimum Gasteiger partial charge on any atom is -0.493 e. The maximum atomic E-state index is 12.3. The fourth-order valence-corrected chi connectivity index (χ4v) is 1.45.